The number of hydrogen-bond donors (Lipinski definition) is 1. The largest absolute Gasteiger partial charge is 0.444 e. The summed E-state index contributed by atoms with van der Waals surface area (Å²) in [7, 11) is -1.20. The van der Waals surface area contributed by atoms with Crippen LogP contribution in [-0.2, 0) is 22.7 Å². The van der Waals surface area contributed by atoms with Crippen LogP contribution in [0.3, 0.4) is 0 Å². The minimum Gasteiger partial charge on any atom is -0.444 e. The number of benzene rings is 1. The van der Waals surface area contributed by atoms with Crippen molar-refractivity contribution in [3.8, 4) is 11.5 Å². The van der Waals surface area contributed by atoms with E-state index < -0.39 is 22.5 Å². The zero-order valence-electron chi connectivity index (χ0n) is 14.0. The molecule has 1 aromatic heterocycles. The Morgan fingerprint density at radius 2 is 2.04 bits per heavy atom. The Morgan fingerprint density at radius 1 is 1.27 bits per heavy atom. The normalized spacial score (nSPS) is 22.3. The highest BCUT2D eigenvalue weighted by molar-refractivity contribution is 7.84. The van der Waals surface area contributed by atoms with Crippen molar-refractivity contribution in [3.63, 3.8) is 0 Å². The van der Waals surface area contributed by atoms with Crippen LogP contribution in [0.4, 0.5) is 13.2 Å². The quantitative estimate of drug-likeness (QED) is 0.837. The maximum absolute atomic E-state index is 13.1. The second-order valence-corrected chi connectivity index (χ2v) is 8.13. The molecule has 1 heterocycles. The Morgan fingerprint density at radius 3 is 2.77 bits per heavy atom. The van der Waals surface area contributed by atoms with Gasteiger partial charge in [0.15, 0.2) is 0 Å². The lowest BCUT2D eigenvalue weighted by Gasteiger charge is -2.25. The monoisotopic (exact) mass is 387 g/mol. The van der Waals surface area contributed by atoms with Gasteiger partial charge in [0.2, 0.25) is 5.89 Å². The van der Waals surface area contributed by atoms with Gasteiger partial charge in [-0.25, -0.2) is 4.98 Å². The molecule has 0 bridgehead atoms. The van der Waals surface area contributed by atoms with Gasteiger partial charge in [0.05, 0.1) is 23.1 Å². The summed E-state index contributed by atoms with van der Waals surface area (Å²) >= 11 is 0. The predicted molar refractivity (Wildman–Crippen MR) is 91.6 cm³/mol. The van der Waals surface area contributed by atoms with E-state index in [0.717, 1.165) is 25.3 Å². The molecule has 0 radical (unpaired) electrons. The van der Waals surface area contributed by atoms with Gasteiger partial charge in [-0.1, -0.05) is 18.6 Å². The first kappa shape index (κ1) is 19.1. The van der Waals surface area contributed by atoms with Crippen molar-refractivity contribution in [2.24, 2.45) is 5.92 Å². The van der Waals surface area contributed by atoms with E-state index in [2.05, 4.69) is 4.98 Å². The molecular formula is C18H20F3NO3S. The average molecular weight is 387 g/mol. The Balaban J connectivity index is 1.68. The van der Waals surface area contributed by atoms with Crippen molar-refractivity contribution in [2.75, 3.05) is 5.75 Å². The lowest BCUT2D eigenvalue weighted by atomic mass is 9.89. The van der Waals surface area contributed by atoms with Crippen LogP contribution in [0.2, 0.25) is 0 Å². The zero-order valence-corrected chi connectivity index (χ0v) is 14.9. The molecule has 1 aliphatic carbocycles. The summed E-state index contributed by atoms with van der Waals surface area (Å²) < 4.78 is 56.8. The number of nitrogens with zero attached hydrogens (tertiary/aromatic N) is 1. The first-order chi connectivity index (χ1) is 12.3. The first-order valence-electron chi connectivity index (χ1n) is 8.47. The van der Waals surface area contributed by atoms with Crippen LogP contribution in [0.1, 0.15) is 36.9 Å². The van der Waals surface area contributed by atoms with E-state index in [9.17, 15) is 22.5 Å². The second kappa shape index (κ2) is 7.92. The third kappa shape index (κ3) is 4.73. The minimum atomic E-state index is -4.50. The van der Waals surface area contributed by atoms with Crippen molar-refractivity contribution in [1.82, 2.24) is 4.98 Å². The number of aliphatic hydroxyl groups is 1. The van der Waals surface area contributed by atoms with Gasteiger partial charge in [-0.05, 0) is 37.3 Å². The van der Waals surface area contributed by atoms with Gasteiger partial charge in [-0.3, -0.25) is 4.21 Å². The molecule has 8 heteroatoms. The average Bonchev–Trinajstić information content (AvgIpc) is 3.02. The third-order valence-corrected chi connectivity index (χ3v) is 5.96. The molecule has 1 aliphatic rings. The van der Waals surface area contributed by atoms with E-state index in [1.54, 1.807) is 0 Å². The molecule has 4 nitrogen and oxygen atoms in total. The van der Waals surface area contributed by atoms with E-state index in [1.165, 1.54) is 24.5 Å². The summed E-state index contributed by atoms with van der Waals surface area (Å²) in [4.78, 5) is 4.09. The Bertz CT molecular complexity index is 775. The van der Waals surface area contributed by atoms with E-state index in [4.69, 9.17) is 4.42 Å². The fourth-order valence-electron chi connectivity index (χ4n) is 3.31. The summed E-state index contributed by atoms with van der Waals surface area (Å²) in [5.41, 5.74) is -0.579. The highest BCUT2D eigenvalue weighted by Crippen LogP contribution is 2.36. The molecule has 3 rings (SSSR count). The maximum atomic E-state index is 13.1. The van der Waals surface area contributed by atoms with Gasteiger partial charge in [0, 0.05) is 22.1 Å². The Kier molecular flexibility index (Phi) is 5.82. The number of rotatable bonds is 5. The molecule has 2 aromatic rings. The molecule has 1 aromatic carbocycles. The number of oxazole rings is 1. The van der Waals surface area contributed by atoms with Gasteiger partial charge in [-0.15, -0.1) is 0 Å². The highest BCUT2D eigenvalue weighted by Gasteiger charge is 2.34. The summed E-state index contributed by atoms with van der Waals surface area (Å²) in [6.45, 7) is 0. The molecular weight excluding hydrogens is 367 g/mol. The van der Waals surface area contributed by atoms with Crippen LogP contribution in [0.25, 0.3) is 11.5 Å². The lowest BCUT2D eigenvalue weighted by molar-refractivity contribution is -0.137. The summed E-state index contributed by atoms with van der Waals surface area (Å²) in [6, 6.07) is 5.08. The molecule has 142 valence electrons. The summed E-state index contributed by atoms with van der Waals surface area (Å²) in [6.07, 6.45) is -0.282. The molecule has 3 unspecified atom stereocenters. The second-order valence-electron chi connectivity index (χ2n) is 6.62. The number of halogens is 3. The zero-order chi connectivity index (χ0) is 18.7. The van der Waals surface area contributed by atoms with E-state index in [-0.39, 0.29) is 29.2 Å². The van der Waals surface area contributed by atoms with Crippen LogP contribution in [-0.4, -0.2) is 26.2 Å². The van der Waals surface area contributed by atoms with Crippen molar-refractivity contribution in [2.45, 2.75) is 43.7 Å². The topological polar surface area (TPSA) is 63.3 Å². The van der Waals surface area contributed by atoms with Gasteiger partial charge in [-0.2, -0.15) is 13.2 Å². The van der Waals surface area contributed by atoms with Crippen molar-refractivity contribution in [1.29, 1.82) is 0 Å². The highest BCUT2D eigenvalue weighted by atomic mass is 32.2. The van der Waals surface area contributed by atoms with Gasteiger partial charge in [0.1, 0.15) is 6.26 Å². The smallest absolute Gasteiger partial charge is 0.417 e. The van der Waals surface area contributed by atoms with E-state index in [1.807, 2.05) is 0 Å². The SMILES string of the molecule is O=S(Cc1coc(-c2ccccc2C(F)(F)F)n1)CC1CCCC(O)C1. The fraction of sp³-hybridized carbons (Fsp3) is 0.500. The van der Waals surface area contributed by atoms with Crippen LogP contribution < -0.4 is 0 Å². The van der Waals surface area contributed by atoms with E-state index in [0.29, 0.717) is 17.9 Å². The first-order valence-corrected chi connectivity index (χ1v) is 9.96. The van der Waals surface area contributed by atoms with Crippen LogP contribution >= 0.6 is 0 Å². The Hall–Kier alpha value is -1.67. The van der Waals surface area contributed by atoms with Gasteiger partial charge < -0.3 is 9.52 Å². The molecule has 1 fully saturated rings. The Labute approximate surface area is 151 Å². The molecule has 1 saturated carbocycles. The van der Waals surface area contributed by atoms with Crippen LogP contribution in [0.15, 0.2) is 34.9 Å². The molecule has 3 atom stereocenters. The van der Waals surface area contributed by atoms with Gasteiger partial charge in [0.25, 0.3) is 0 Å². The number of alkyl halides is 3. The maximum Gasteiger partial charge on any atom is 0.417 e. The molecule has 0 aliphatic heterocycles. The van der Waals surface area contributed by atoms with Crippen molar-refractivity contribution >= 4 is 10.8 Å². The molecule has 0 spiro atoms. The standard InChI is InChI=1S/C18H20F3NO3S/c19-18(20,21)16-7-2-1-6-15(16)17-22-13(9-25-17)11-26(24)10-12-4-3-5-14(23)8-12/h1-2,6-7,9,12,14,23H,3-5,8,10-11H2. The number of aromatic nitrogens is 1. The third-order valence-electron chi connectivity index (χ3n) is 4.50. The number of aliphatic hydroxyl groups excluding tert-OH is 1. The van der Waals surface area contributed by atoms with E-state index >= 15 is 0 Å². The molecule has 1 N–H and O–H groups in total. The van der Waals surface area contributed by atoms with Crippen LogP contribution in [0, 0.1) is 5.92 Å². The number of hydrogen-bond acceptors (Lipinski definition) is 4. The predicted octanol–water partition coefficient (Wildman–Crippen LogP) is 4.16. The summed E-state index contributed by atoms with van der Waals surface area (Å²) in [5, 5.41) is 9.69. The molecule has 0 amide bonds. The fourth-order valence-corrected chi connectivity index (χ4v) is 4.72. The van der Waals surface area contributed by atoms with Crippen LogP contribution in [0.5, 0.6) is 0 Å². The van der Waals surface area contributed by atoms with Crippen molar-refractivity contribution < 1.29 is 26.9 Å². The lowest BCUT2D eigenvalue weighted by Crippen LogP contribution is -2.24. The van der Waals surface area contributed by atoms with Gasteiger partial charge >= 0.3 is 6.18 Å². The summed E-state index contributed by atoms with van der Waals surface area (Å²) in [5.74, 6) is 0.665. The molecule has 26 heavy (non-hydrogen) atoms. The minimum absolute atomic E-state index is 0.127. The van der Waals surface area contributed by atoms with Crippen molar-refractivity contribution in [3.05, 3.63) is 41.8 Å². The molecule has 0 saturated heterocycles.